The molecule has 94 valence electrons. The molecule has 1 heterocycles. The van der Waals surface area contributed by atoms with Crippen molar-refractivity contribution in [3.63, 3.8) is 0 Å². The van der Waals surface area contributed by atoms with Crippen LogP contribution >= 0.6 is 11.3 Å². The lowest BCUT2D eigenvalue weighted by Crippen LogP contribution is -1.88. The highest BCUT2D eigenvalue weighted by molar-refractivity contribution is 7.11. The highest BCUT2D eigenvalue weighted by Crippen LogP contribution is 2.34. The Balaban J connectivity index is 2.27. The summed E-state index contributed by atoms with van der Waals surface area (Å²) in [7, 11) is 1.66. The van der Waals surface area contributed by atoms with Crippen LogP contribution in [0.5, 0.6) is 5.75 Å². The summed E-state index contributed by atoms with van der Waals surface area (Å²) in [6.07, 6.45) is 0.778. The monoisotopic (exact) mass is 269 g/mol. The number of carbonyl (C=O) groups is 1. The predicted molar refractivity (Wildman–Crippen MR) is 77.0 cm³/mol. The third-order valence-electron chi connectivity index (χ3n) is 3.00. The van der Waals surface area contributed by atoms with E-state index in [1.807, 2.05) is 41.8 Å². The number of aldehydes is 1. The Kier molecular flexibility index (Phi) is 3.01. The van der Waals surface area contributed by atoms with Crippen molar-refractivity contribution >= 4 is 28.4 Å². The van der Waals surface area contributed by atoms with E-state index >= 15 is 0 Å². The average Bonchev–Trinajstić information content (AvgIpc) is 2.95. The van der Waals surface area contributed by atoms with Crippen LogP contribution in [-0.2, 0) is 0 Å². The first kappa shape index (κ1) is 11.9. The van der Waals surface area contributed by atoms with Crippen molar-refractivity contribution in [2.45, 2.75) is 0 Å². The maximum Gasteiger partial charge on any atom is 0.178 e. The van der Waals surface area contributed by atoms with Gasteiger partial charge in [-0.25, -0.2) is 4.98 Å². The van der Waals surface area contributed by atoms with Gasteiger partial charge in [-0.05, 0) is 17.5 Å². The molecule has 2 aromatic carbocycles. The Labute approximate surface area is 114 Å². The molecular formula is C15H11NO2S. The first-order valence-corrected chi connectivity index (χ1v) is 6.68. The molecule has 0 saturated carbocycles. The molecule has 0 unspecified atom stereocenters. The van der Waals surface area contributed by atoms with E-state index in [9.17, 15) is 4.79 Å². The molecule has 0 fully saturated rings. The van der Waals surface area contributed by atoms with Crippen LogP contribution in [0.1, 0.15) is 9.80 Å². The zero-order chi connectivity index (χ0) is 13.2. The third-order valence-corrected chi connectivity index (χ3v) is 3.77. The highest BCUT2D eigenvalue weighted by atomic mass is 32.1. The van der Waals surface area contributed by atoms with Gasteiger partial charge in [-0.2, -0.15) is 0 Å². The zero-order valence-electron chi connectivity index (χ0n) is 10.3. The summed E-state index contributed by atoms with van der Waals surface area (Å²) in [5, 5.41) is 4.51. The third kappa shape index (κ3) is 2.00. The Morgan fingerprint density at radius 2 is 1.95 bits per heavy atom. The van der Waals surface area contributed by atoms with Gasteiger partial charge < -0.3 is 4.74 Å². The van der Waals surface area contributed by atoms with Crippen LogP contribution < -0.4 is 4.74 Å². The van der Waals surface area contributed by atoms with Crippen molar-refractivity contribution < 1.29 is 9.53 Å². The number of aromatic nitrogens is 1. The summed E-state index contributed by atoms with van der Waals surface area (Å²) < 4.78 is 5.37. The summed E-state index contributed by atoms with van der Waals surface area (Å²) in [5.74, 6) is 0.838. The minimum atomic E-state index is 0.495. The van der Waals surface area contributed by atoms with E-state index < -0.39 is 0 Å². The van der Waals surface area contributed by atoms with Crippen molar-refractivity contribution in [3.8, 4) is 17.0 Å². The zero-order valence-corrected chi connectivity index (χ0v) is 11.1. The lowest BCUT2D eigenvalue weighted by atomic mass is 10.0. The summed E-state index contributed by atoms with van der Waals surface area (Å²) in [5.41, 5.74) is 1.84. The van der Waals surface area contributed by atoms with E-state index in [0.29, 0.717) is 5.01 Å². The minimum Gasteiger partial charge on any atom is -0.496 e. The standard InChI is InChI=1S/C15H11NO2S/c1-18-14-7-6-11(10-4-2-3-5-12(10)14)13-9-19-15(8-17)16-13/h2-9H,1H3. The number of hydrogen-bond donors (Lipinski definition) is 0. The number of rotatable bonds is 3. The highest BCUT2D eigenvalue weighted by Gasteiger charge is 2.10. The summed E-state index contributed by atoms with van der Waals surface area (Å²) in [6, 6.07) is 11.9. The van der Waals surface area contributed by atoms with Crippen LogP contribution in [0.4, 0.5) is 0 Å². The van der Waals surface area contributed by atoms with Crippen LogP contribution in [-0.4, -0.2) is 18.4 Å². The fraction of sp³-hybridized carbons (Fsp3) is 0.0667. The first-order chi connectivity index (χ1) is 9.33. The van der Waals surface area contributed by atoms with Crippen LogP contribution in [0.2, 0.25) is 0 Å². The number of fused-ring (bicyclic) bond motifs is 1. The van der Waals surface area contributed by atoms with Crippen molar-refractivity contribution in [2.24, 2.45) is 0 Å². The van der Waals surface area contributed by atoms with Gasteiger partial charge in [0.1, 0.15) is 5.75 Å². The number of carbonyl (C=O) groups excluding carboxylic acids is 1. The summed E-state index contributed by atoms with van der Waals surface area (Å²) in [4.78, 5) is 15.1. The van der Waals surface area contributed by atoms with Gasteiger partial charge in [0.05, 0.1) is 12.8 Å². The van der Waals surface area contributed by atoms with Gasteiger partial charge in [-0.1, -0.05) is 24.3 Å². The van der Waals surface area contributed by atoms with Crippen molar-refractivity contribution in [2.75, 3.05) is 7.11 Å². The van der Waals surface area contributed by atoms with E-state index in [4.69, 9.17) is 4.74 Å². The maximum absolute atomic E-state index is 10.7. The van der Waals surface area contributed by atoms with E-state index in [1.165, 1.54) is 11.3 Å². The van der Waals surface area contributed by atoms with E-state index in [-0.39, 0.29) is 0 Å². The largest absolute Gasteiger partial charge is 0.496 e. The van der Waals surface area contributed by atoms with E-state index in [2.05, 4.69) is 4.98 Å². The topological polar surface area (TPSA) is 39.2 Å². The average molecular weight is 269 g/mol. The second-order valence-corrected chi connectivity index (χ2v) is 4.94. The molecule has 0 radical (unpaired) electrons. The number of ether oxygens (including phenoxy) is 1. The molecule has 0 amide bonds. The minimum absolute atomic E-state index is 0.495. The lowest BCUT2D eigenvalue weighted by molar-refractivity contribution is 0.112. The lowest BCUT2D eigenvalue weighted by Gasteiger charge is -2.08. The Morgan fingerprint density at radius 3 is 2.63 bits per heavy atom. The molecule has 1 aromatic heterocycles. The molecule has 0 N–H and O–H groups in total. The Morgan fingerprint density at radius 1 is 1.16 bits per heavy atom. The predicted octanol–water partition coefficient (Wildman–Crippen LogP) is 3.78. The molecule has 0 saturated heterocycles. The molecule has 0 aliphatic rings. The molecule has 0 aliphatic heterocycles. The van der Waals surface area contributed by atoms with Crippen molar-refractivity contribution in [1.29, 1.82) is 0 Å². The number of nitrogens with zero attached hydrogens (tertiary/aromatic N) is 1. The van der Waals surface area contributed by atoms with Gasteiger partial charge >= 0.3 is 0 Å². The summed E-state index contributed by atoms with van der Waals surface area (Å²) >= 11 is 1.35. The molecule has 0 bridgehead atoms. The van der Waals surface area contributed by atoms with Crippen molar-refractivity contribution in [3.05, 3.63) is 46.8 Å². The summed E-state index contributed by atoms with van der Waals surface area (Å²) in [6.45, 7) is 0. The SMILES string of the molecule is COc1ccc(-c2csc(C=O)n2)c2ccccc12. The van der Waals surface area contributed by atoms with Gasteiger partial charge in [0.25, 0.3) is 0 Å². The van der Waals surface area contributed by atoms with Gasteiger partial charge in [-0.3, -0.25) is 4.79 Å². The van der Waals surface area contributed by atoms with Crippen LogP contribution in [0, 0.1) is 0 Å². The molecular weight excluding hydrogens is 258 g/mol. The molecule has 0 atom stereocenters. The van der Waals surface area contributed by atoms with Crippen LogP contribution in [0.25, 0.3) is 22.0 Å². The van der Waals surface area contributed by atoms with E-state index in [0.717, 1.165) is 34.1 Å². The maximum atomic E-state index is 10.7. The number of thiazole rings is 1. The number of hydrogen-bond acceptors (Lipinski definition) is 4. The van der Waals surface area contributed by atoms with Gasteiger partial charge in [0.2, 0.25) is 0 Å². The first-order valence-electron chi connectivity index (χ1n) is 5.80. The fourth-order valence-electron chi connectivity index (χ4n) is 2.14. The van der Waals surface area contributed by atoms with Crippen molar-refractivity contribution in [1.82, 2.24) is 4.98 Å². The molecule has 4 heteroatoms. The van der Waals surface area contributed by atoms with Gasteiger partial charge in [0.15, 0.2) is 11.3 Å². The second kappa shape index (κ2) is 4.82. The molecule has 19 heavy (non-hydrogen) atoms. The second-order valence-electron chi connectivity index (χ2n) is 4.05. The molecule has 3 rings (SSSR count). The van der Waals surface area contributed by atoms with E-state index in [1.54, 1.807) is 7.11 Å². The molecule has 0 spiro atoms. The molecule has 0 aliphatic carbocycles. The fourth-order valence-corrected chi connectivity index (χ4v) is 2.76. The Hall–Kier alpha value is -2.20. The quantitative estimate of drug-likeness (QED) is 0.679. The van der Waals surface area contributed by atoms with Crippen LogP contribution in [0.3, 0.4) is 0 Å². The number of methoxy groups -OCH3 is 1. The van der Waals surface area contributed by atoms with Crippen LogP contribution in [0.15, 0.2) is 41.8 Å². The smallest absolute Gasteiger partial charge is 0.178 e. The van der Waals surface area contributed by atoms with Gasteiger partial charge in [0, 0.05) is 16.3 Å². The van der Waals surface area contributed by atoms with Gasteiger partial charge in [-0.15, -0.1) is 11.3 Å². The molecule has 3 nitrogen and oxygen atoms in total. The molecule has 3 aromatic rings. The Bertz CT molecular complexity index is 749. The number of benzene rings is 2. The normalized spacial score (nSPS) is 10.6.